The fourth-order valence-electron chi connectivity index (χ4n) is 3.35. The fourth-order valence-corrected chi connectivity index (χ4v) is 3.35. The Kier molecular flexibility index (Phi) is 5.25. The van der Waals surface area contributed by atoms with Crippen molar-refractivity contribution in [1.82, 2.24) is 5.32 Å². The molecule has 100 valence electrons. The summed E-state index contributed by atoms with van der Waals surface area (Å²) in [5, 5.41) is 3.72. The highest BCUT2D eigenvalue weighted by atomic mass is 14.9. The maximum absolute atomic E-state index is 3.72. The van der Waals surface area contributed by atoms with Gasteiger partial charge in [-0.15, -0.1) is 0 Å². The predicted molar refractivity (Wildman–Crippen MR) is 78.7 cm³/mol. The van der Waals surface area contributed by atoms with Gasteiger partial charge >= 0.3 is 0 Å². The van der Waals surface area contributed by atoms with E-state index in [1.165, 1.54) is 37.7 Å². The van der Waals surface area contributed by atoms with Crippen LogP contribution in [0.2, 0.25) is 0 Å². The zero-order valence-corrected chi connectivity index (χ0v) is 11.9. The molecule has 2 rings (SSSR count). The minimum Gasteiger partial charge on any atom is -0.314 e. The molecule has 0 aliphatic heterocycles. The van der Waals surface area contributed by atoms with Crippen LogP contribution >= 0.6 is 0 Å². The summed E-state index contributed by atoms with van der Waals surface area (Å²) in [6.45, 7) is 5.73. The highest BCUT2D eigenvalue weighted by Crippen LogP contribution is 2.33. The van der Waals surface area contributed by atoms with Gasteiger partial charge in [0.1, 0.15) is 0 Å². The van der Waals surface area contributed by atoms with E-state index in [0.29, 0.717) is 0 Å². The second-order valence-electron chi connectivity index (χ2n) is 5.87. The summed E-state index contributed by atoms with van der Waals surface area (Å²) in [7, 11) is 0. The molecule has 1 aromatic carbocycles. The van der Waals surface area contributed by atoms with Crippen LogP contribution in [0.4, 0.5) is 0 Å². The molecule has 1 aromatic rings. The Morgan fingerprint density at radius 2 is 2.00 bits per heavy atom. The first-order valence-corrected chi connectivity index (χ1v) is 7.57. The van der Waals surface area contributed by atoms with Crippen molar-refractivity contribution in [3.63, 3.8) is 0 Å². The second kappa shape index (κ2) is 6.94. The summed E-state index contributed by atoms with van der Waals surface area (Å²) in [4.78, 5) is 0. The number of nitrogens with one attached hydrogen (secondary N) is 1. The molecular weight excluding hydrogens is 218 g/mol. The van der Waals surface area contributed by atoms with Crippen molar-refractivity contribution in [1.29, 1.82) is 0 Å². The minimum absolute atomic E-state index is 0.722. The second-order valence-corrected chi connectivity index (χ2v) is 5.87. The summed E-state index contributed by atoms with van der Waals surface area (Å²) in [6.07, 6.45) is 6.77. The van der Waals surface area contributed by atoms with Gasteiger partial charge in [0, 0.05) is 6.04 Å². The van der Waals surface area contributed by atoms with Crippen LogP contribution in [-0.4, -0.2) is 12.6 Å². The normalized spacial score (nSPS) is 25.2. The van der Waals surface area contributed by atoms with E-state index in [1.54, 1.807) is 0 Å². The number of benzene rings is 1. The van der Waals surface area contributed by atoms with Crippen molar-refractivity contribution >= 4 is 0 Å². The molecule has 0 aromatic heterocycles. The molecule has 0 spiro atoms. The summed E-state index contributed by atoms with van der Waals surface area (Å²) in [6, 6.07) is 11.6. The Morgan fingerprint density at radius 3 is 2.61 bits per heavy atom. The average molecular weight is 245 g/mol. The maximum atomic E-state index is 3.72. The van der Waals surface area contributed by atoms with Crippen LogP contribution in [0.1, 0.15) is 45.1 Å². The van der Waals surface area contributed by atoms with Crippen LogP contribution in [-0.2, 0) is 6.42 Å². The molecule has 0 amide bonds. The lowest BCUT2D eigenvalue weighted by molar-refractivity contribution is 0.338. The third-order valence-corrected chi connectivity index (χ3v) is 4.36. The zero-order valence-electron chi connectivity index (χ0n) is 11.9. The van der Waals surface area contributed by atoms with E-state index < -0.39 is 0 Å². The fraction of sp³-hybridized carbons (Fsp3) is 0.647. The molecule has 0 saturated heterocycles. The van der Waals surface area contributed by atoms with Crippen LogP contribution in [0, 0.1) is 11.8 Å². The van der Waals surface area contributed by atoms with Crippen molar-refractivity contribution in [2.45, 2.75) is 52.0 Å². The van der Waals surface area contributed by atoms with Crippen LogP contribution < -0.4 is 5.32 Å². The quantitative estimate of drug-likeness (QED) is 0.798. The highest BCUT2D eigenvalue weighted by Gasteiger charge is 2.27. The van der Waals surface area contributed by atoms with Crippen LogP contribution in [0.15, 0.2) is 30.3 Å². The van der Waals surface area contributed by atoms with Crippen molar-refractivity contribution in [3.8, 4) is 0 Å². The van der Waals surface area contributed by atoms with Crippen molar-refractivity contribution in [3.05, 3.63) is 35.9 Å². The van der Waals surface area contributed by atoms with E-state index in [-0.39, 0.29) is 0 Å². The van der Waals surface area contributed by atoms with Crippen LogP contribution in [0.25, 0.3) is 0 Å². The smallest absolute Gasteiger partial charge is 0.00984 e. The molecular formula is C17H27N. The largest absolute Gasteiger partial charge is 0.314 e. The van der Waals surface area contributed by atoms with Gasteiger partial charge in [-0.3, -0.25) is 0 Å². The Hall–Kier alpha value is -0.820. The standard InChI is InChI=1S/C17H27N/c1-3-18-17(16-11-9-14(2)13-16)12-10-15-7-5-4-6-8-15/h4-8,14,16-18H,3,9-13H2,1-2H3. The Morgan fingerprint density at radius 1 is 1.22 bits per heavy atom. The van der Waals surface area contributed by atoms with E-state index in [0.717, 1.165) is 24.4 Å². The number of rotatable bonds is 6. The first-order valence-electron chi connectivity index (χ1n) is 7.57. The van der Waals surface area contributed by atoms with E-state index in [1.807, 2.05) is 0 Å². The number of aryl methyl sites for hydroxylation is 1. The maximum Gasteiger partial charge on any atom is 0.00984 e. The van der Waals surface area contributed by atoms with Gasteiger partial charge in [-0.1, -0.05) is 50.6 Å². The van der Waals surface area contributed by atoms with Crippen molar-refractivity contribution < 1.29 is 0 Å². The van der Waals surface area contributed by atoms with Gasteiger partial charge in [-0.05, 0) is 49.6 Å². The molecule has 1 nitrogen and oxygen atoms in total. The first-order chi connectivity index (χ1) is 8.79. The molecule has 1 aliphatic carbocycles. The molecule has 3 atom stereocenters. The molecule has 1 saturated carbocycles. The van der Waals surface area contributed by atoms with Gasteiger partial charge in [0.2, 0.25) is 0 Å². The summed E-state index contributed by atoms with van der Waals surface area (Å²) in [5.74, 6) is 1.84. The highest BCUT2D eigenvalue weighted by molar-refractivity contribution is 5.14. The number of hydrogen-bond donors (Lipinski definition) is 1. The van der Waals surface area contributed by atoms with Gasteiger partial charge in [0.05, 0.1) is 0 Å². The molecule has 18 heavy (non-hydrogen) atoms. The lowest BCUT2D eigenvalue weighted by Gasteiger charge is -2.24. The number of hydrogen-bond acceptors (Lipinski definition) is 1. The third kappa shape index (κ3) is 3.84. The Balaban J connectivity index is 1.86. The summed E-state index contributed by atoms with van der Waals surface area (Å²) >= 11 is 0. The zero-order chi connectivity index (χ0) is 12.8. The molecule has 1 aliphatic rings. The predicted octanol–water partition coefficient (Wildman–Crippen LogP) is 4.03. The SMILES string of the molecule is CCNC(CCc1ccccc1)C1CCC(C)C1. The van der Waals surface area contributed by atoms with Crippen molar-refractivity contribution in [2.75, 3.05) is 6.54 Å². The van der Waals surface area contributed by atoms with Gasteiger partial charge in [0.15, 0.2) is 0 Å². The molecule has 0 radical (unpaired) electrons. The van der Waals surface area contributed by atoms with Crippen molar-refractivity contribution in [2.24, 2.45) is 11.8 Å². The molecule has 0 heterocycles. The molecule has 1 N–H and O–H groups in total. The first kappa shape index (κ1) is 13.6. The lowest BCUT2D eigenvalue weighted by atomic mass is 9.91. The van der Waals surface area contributed by atoms with Gasteiger partial charge in [-0.25, -0.2) is 0 Å². The van der Waals surface area contributed by atoms with Gasteiger partial charge in [-0.2, -0.15) is 0 Å². The Labute approximate surface area is 112 Å². The van der Waals surface area contributed by atoms with E-state index in [9.17, 15) is 0 Å². The molecule has 1 heteroatoms. The topological polar surface area (TPSA) is 12.0 Å². The molecule has 3 unspecified atom stereocenters. The van der Waals surface area contributed by atoms with E-state index in [2.05, 4.69) is 49.5 Å². The Bertz CT molecular complexity index is 333. The summed E-state index contributed by atoms with van der Waals surface area (Å²) < 4.78 is 0. The monoisotopic (exact) mass is 245 g/mol. The van der Waals surface area contributed by atoms with E-state index in [4.69, 9.17) is 0 Å². The summed E-state index contributed by atoms with van der Waals surface area (Å²) in [5.41, 5.74) is 1.48. The van der Waals surface area contributed by atoms with Crippen LogP contribution in [0.5, 0.6) is 0 Å². The molecule has 0 bridgehead atoms. The van der Waals surface area contributed by atoms with Gasteiger partial charge in [0.25, 0.3) is 0 Å². The minimum atomic E-state index is 0.722. The lowest BCUT2D eigenvalue weighted by Crippen LogP contribution is -2.35. The third-order valence-electron chi connectivity index (χ3n) is 4.36. The average Bonchev–Trinajstić information content (AvgIpc) is 2.82. The van der Waals surface area contributed by atoms with E-state index >= 15 is 0 Å². The molecule has 1 fully saturated rings. The van der Waals surface area contributed by atoms with Gasteiger partial charge < -0.3 is 5.32 Å². The van der Waals surface area contributed by atoms with Crippen LogP contribution in [0.3, 0.4) is 0 Å².